The van der Waals surface area contributed by atoms with E-state index in [0.717, 1.165) is 11.8 Å². The maximum atomic E-state index is 10.8. The Labute approximate surface area is 74.8 Å². The highest BCUT2D eigenvalue weighted by Crippen LogP contribution is 1.86. The summed E-state index contributed by atoms with van der Waals surface area (Å²) in [4.78, 5) is 30.1. The molecule has 0 bridgehead atoms. The van der Waals surface area contributed by atoms with Crippen LogP contribution in [-0.2, 0) is 19.4 Å². The lowest BCUT2D eigenvalue weighted by atomic mass is 10.6. The van der Waals surface area contributed by atoms with Crippen molar-refractivity contribution in [3.8, 4) is 0 Å². The minimum absolute atomic E-state index is 0.247. The molecule has 0 aliphatic rings. The first kappa shape index (κ1) is 11.2. The van der Waals surface area contributed by atoms with E-state index in [-0.39, 0.29) is 12.5 Å². The zero-order chi connectivity index (χ0) is 10.4. The Balaban J connectivity index is 3.74. The number of nitrogens with zero attached hydrogens (tertiary/aromatic N) is 1. The molecular formula is C6H11N3O4. The molecule has 0 aromatic carbocycles. The van der Waals surface area contributed by atoms with E-state index >= 15 is 0 Å². The number of likely N-dealkylation sites (N-methyl/N-ethyl adjacent to an activating group) is 1. The molecule has 7 nitrogen and oxygen atoms in total. The molecule has 0 amide bonds. The Morgan fingerprint density at radius 1 is 1.46 bits per heavy atom. The van der Waals surface area contributed by atoms with E-state index in [9.17, 15) is 9.59 Å². The number of guanidine groups is 1. The van der Waals surface area contributed by atoms with Gasteiger partial charge in [-0.25, -0.2) is 19.4 Å². The number of carbonyl (C=O) groups excluding carboxylic acids is 2. The van der Waals surface area contributed by atoms with Crippen molar-refractivity contribution in [2.24, 2.45) is 5.73 Å². The molecule has 0 aromatic heterocycles. The predicted octanol–water partition coefficient (Wildman–Crippen LogP) is -1.17. The average molecular weight is 189 g/mol. The Morgan fingerprint density at radius 2 is 2.00 bits per heavy atom. The van der Waals surface area contributed by atoms with Gasteiger partial charge in [-0.1, -0.05) is 0 Å². The molecule has 0 heterocycles. The van der Waals surface area contributed by atoms with Gasteiger partial charge in [0.25, 0.3) is 0 Å². The summed E-state index contributed by atoms with van der Waals surface area (Å²) in [5, 5.41) is 6.90. The van der Waals surface area contributed by atoms with Crippen molar-refractivity contribution < 1.29 is 19.4 Å². The fraction of sp³-hybridized carbons (Fsp3) is 0.500. The summed E-state index contributed by atoms with van der Waals surface area (Å²) in [7, 11) is 1.43. The molecule has 74 valence electrons. The van der Waals surface area contributed by atoms with Crippen molar-refractivity contribution in [1.29, 1.82) is 5.41 Å². The largest absolute Gasteiger partial charge is 0.374 e. The molecule has 0 aromatic rings. The van der Waals surface area contributed by atoms with Crippen LogP contribution in [0.3, 0.4) is 0 Å². The number of hydrogen-bond acceptors (Lipinski definition) is 5. The van der Waals surface area contributed by atoms with Crippen molar-refractivity contribution in [2.75, 3.05) is 13.6 Å². The highest BCUT2D eigenvalue weighted by Gasteiger charge is 2.10. The number of hydrogen-bond donors (Lipinski definition) is 2. The Kier molecular flexibility index (Phi) is 4.28. The molecule has 0 unspecified atom stereocenters. The minimum Gasteiger partial charge on any atom is -0.370 e. The quantitative estimate of drug-likeness (QED) is 0.245. The summed E-state index contributed by atoms with van der Waals surface area (Å²) in [5.41, 5.74) is 5.03. The van der Waals surface area contributed by atoms with Gasteiger partial charge in [-0.15, -0.1) is 0 Å². The van der Waals surface area contributed by atoms with Gasteiger partial charge in [0.05, 0.1) is 0 Å². The minimum atomic E-state index is -0.798. The number of nitrogens with one attached hydrogen (secondary N) is 1. The van der Waals surface area contributed by atoms with Crippen molar-refractivity contribution >= 4 is 17.9 Å². The number of carbonyl (C=O) groups is 2. The zero-order valence-corrected chi connectivity index (χ0v) is 7.36. The lowest BCUT2D eigenvalue weighted by Gasteiger charge is -2.13. The first-order valence-corrected chi connectivity index (χ1v) is 3.36. The maximum Gasteiger partial charge on any atom is 0.374 e. The smallest absolute Gasteiger partial charge is 0.370 e. The first-order valence-electron chi connectivity index (χ1n) is 3.36. The molecule has 0 rings (SSSR count). The Bertz CT molecular complexity index is 228. The molecule has 7 heteroatoms. The van der Waals surface area contributed by atoms with Crippen molar-refractivity contribution in [2.45, 2.75) is 6.92 Å². The molecule has 0 saturated heterocycles. The van der Waals surface area contributed by atoms with Crippen LogP contribution in [0.15, 0.2) is 0 Å². The van der Waals surface area contributed by atoms with Gasteiger partial charge in [0.2, 0.25) is 0 Å². The third-order valence-corrected chi connectivity index (χ3v) is 1.03. The fourth-order valence-corrected chi connectivity index (χ4v) is 0.410. The molecule has 0 atom stereocenters. The monoisotopic (exact) mass is 189 g/mol. The Morgan fingerprint density at radius 3 is 2.38 bits per heavy atom. The first-order chi connectivity index (χ1) is 5.93. The van der Waals surface area contributed by atoms with Gasteiger partial charge in [-0.3, -0.25) is 5.41 Å². The average Bonchev–Trinajstić information content (AvgIpc) is 2.00. The number of nitrogens with two attached hydrogens (primary N) is 1. The van der Waals surface area contributed by atoms with E-state index in [1.165, 1.54) is 7.05 Å². The molecule has 0 aliphatic carbocycles. The van der Waals surface area contributed by atoms with Crippen molar-refractivity contribution in [3.63, 3.8) is 0 Å². The number of rotatable bonds is 2. The van der Waals surface area contributed by atoms with Gasteiger partial charge >= 0.3 is 11.9 Å². The maximum absolute atomic E-state index is 10.8. The molecule has 0 spiro atoms. The summed E-state index contributed by atoms with van der Waals surface area (Å²) in [6.07, 6.45) is 0. The summed E-state index contributed by atoms with van der Waals surface area (Å²) in [6.45, 7) is 0.852. The lowest BCUT2D eigenvalue weighted by molar-refractivity contribution is -0.257. The third kappa shape index (κ3) is 5.48. The highest BCUT2D eigenvalue weighted by molar-refractivity contribution is 5.81. The van der Waals surface area contributed by atoms with Crippen LogP contribution in [0.2, 0.25) is 0 Å². The van der Waals surface area contributed by atoms with Gasteiger partial charge < -0.3 is 10.6 Å². The zero-order valence-electron chi connectivity index (χ0n) is 7.36. The van der Waals surface area contributed by atoms with Gasteiger partial charge in [0, 0.05) is 14.0 Å². The van der Waals surface area contributed by atoms with Crippen LogP contribution < -0.4 is 5.73 Å². The highest BCUT2D eigenvalue weighted by atomic mass is 17.2. The van der Waals surface area contributed by atoms with E-state index < -0.39 is 11.9 Å². The van der Waals surface area contributed by atoms with E-state index in [1.54, 1.807) is 0 Å². The van der Waals surface area contributed by atoms with E-state index in [2.05, 4.69) is 9.78 Å². The van der Waals surface area contributed by atoms with Gasteiger partial charge in [0.1, 0.15) is 6.54 Å². The van der Waals surface area contributed by atoms with Crippen LogP contribution in [0.5, 0.6) is 0 Å². The molecule has 0 radical (unpaired) electrons. The second-order valence-corrected chi connectivity index (χ2v) is 2.27. The van der Waals surface area contributed by atoms with Crippen LogP contribution in [0.25, 0.3) is 0 Å². The molecule has 3 N–H and O–H groups in total. The van der Waals surface area contributed by atoms with Crippen LogP contribution >= 0.6 is 0 Å². The summed E-state index contributed by atoms with van der Waals surface area (Å²) < 4.78 is 0. The topological polar surface area (TPSA) is 106 Å². The molecule has 0 fully saturated rings. The van der Waals surface area contributed by atoms with Crippen LogP contribution in [0, 0.1) is 5.41 Å². The molecule has 0 aliphatic heterocycles. The summed E-state index contributed by atoms with van der Waals surface area (Å²) in [5.74, 6) is -1.80. The molecular weight excluding hydrogens is 178 g/mol. The second kappa shape index (κ2) is 4.96. The van der Waals surface area contributed by atoms with Gasteiger partial charge in [-0.2, -0.15) is 0 Å². The molecule has 13 heavy (non-hydrogen) atoms. The molecule has 0 saturated carbocycles. The third-order valence-electron chi connectivity index (χ3n) is 1.03. The van der Waals surface area contributed by atoms with Crippen molar-refractivity contribution in [3.05, 3.63) is 0 Å². The van der Waals surface area contributed by atoms with E-state index in [0.29, 0.717) is 0 Å². The van der Waals surface area contributed by atoms with Gasteiger partial charge in [0.15, 0.2) is 5.96 Å². The second-order valence-electron chi connectivity index (χ2n) is 2.27. The lowest BCUT2D eigenvalue weighted by Crippen LogP contribution is -2.37. The Hall–Kier alpha value is -1.79. The predicted molar refractivity (Wildman–Crippen MR) is 42.4 cm³/mol. The van der Waals surface area contributed by atoms with Crippen molar-refractivity contribution in [1.82, 2.24) is 4.90 Å². The fourth-order valence-electron chi connectivity index (χ4n) is 0.410. The van der Waals surface area contributed by atoms with E-state index in [4.69, 9.17) is 11.1 Å². The normalized spacial score (nSPS) is 8.77. The SMILES string of the molecule is CC(=O)OOC(=O)CN(C)C(=N)N. The van der Waals surface area contributed by atoms with Crippen LogP contribution in [0.4, 0.5) is 0 Å². The van der Waals surface area contributed by atoms with Crippen LogP contribution in [0.1, 0.15) is 6.92 Å². The van der Waals surface area contributed by atoms with E-state index in [1.807, 2.05) is 0 Å². The van der Waals surface area contributed by atoms with Gasteiger partial charge in [-0.05, 0) is 0 Å². The summed E-state index contributed by atoms with van der Waals surface area (Å²) in [6, 6.07) is 0. The van der Waals surface area contributed by atoms with Crippen LogP contribution in [-0.4, -0.2) is 36.4 Å². The standard InChI is InChI=1S/C6H11N3O4/c1-4(10)12-13-5(11)3-9(2)6(7)8/h3H2,1-2H3,(H3,7,8). The summed E-state index contributed by atoms with van der Waals surface area (Å²) >= 11 is 0.